The van der Waals surface area contributed by atoms with Crippen LogP contribution >= 0.6 is 0 Å². The Labute approximate surface area is 896 Å². The Bertz CT molecular complexity index is 4230. The molecule has 5 aromatic rings. The van der Waals surface area contributed by atoms with Gasteiger partial charge in [-0.3, -0.25) is 38.9 Å². The monoisotopic (exact) mass is 2080 g/mol. The van der Waals surface area contributed by atoms with E-state index >= 15 is 0 Å². The molecule has 0 aromatic carbocycles. The number of piperidine rings is 3. The molecule has 12 amide bonds. The van der Waals surface area contributed by atoms with Crippen LogP contribution in [0, 0.1) is 59.2 Å². The third-order valence-corrected chi connectivity index (χ3v) is 31.3. The Morgan fingerprint density at radius 2 is 0.600 bits per heavy atom. The average molecular weight is 2080 g/mol. The number of urea groups is 2. The van der Waals surface area contributed by atoms with Crippen LogP contribution < -0.4 is 20.4 Å². The molecule has 0 bridgehead atoms. The summed E-state index contributed by atoms with van der Waals surface area (Å²) in [6.45, 7) is 44.0. The number of amides is 12. The van der Waals surface area contributed by atoms with Crippen molar-refractivity contribution in [3.63, 3.8) is 0 Å². The summed E-state index contributed by atoms with van der Waals surface area (Å²) in [5, 5.41) is 6.02. The fourth-order valence-electron chi connectivity index (χ4n) is 22.9. The zero-order valence-corrected chi connectivity index (χ0v) is 94.7. The number of nitrogens with zero attached hydrogens (tertiary/aromatic N) is 18. The van der Waals surface area contributed by atoms with Crippen LogP contribution in [0.25, 0.3) is 0 Å². The van der Waals surface area contributed by atoms with E-state index in [0.717, 1.165) is 295 Å². The van der Waals surface area contributed by atoms with Crippen molar-refractivity contribution in [2.24, 2.45) is 59.2 Å². The van der Waals surface area contributed by atoms with Crippen LogP contribution in [-0.4, -0.2) is 326 Å². The van der Waals surface area contributed by atoms with E-state index in [1.165, 1.54) is 5.56 Å². The molecule has 10 heterocycles. The second kappa shape index (κ2) is 56.5. The molecule has 5 aliphatic heterocycles. The Hall–Kier alpha value is -11.0. The lowest BCUT2D eigenvalue weighted by molar-refractivity contribution is -0.138. The molecule has 33 nitrogen and oxygen atoms in total. The number of rotatable bonds is 20. The highest BCUT2D eigenvalue weighted by Crippen LogP contribution is 2.40. The van der Waals surface area contributed by atoms with Crippen LogP contribution in [0.4, 0.5) is 35.5 Å². The van der Waals surface area contributed by atoms with E-state index in [9.17, 15) is 47.9 Å². The van der Waals surface area contributed by atoms with Crippen molar-refractivity contribution in [1.29, 1.82) is 0 Å². The highest BCUT2D eigenvalue weighted by Gasteiger charge is 2.41. The molecular weight excluding hydrogens is 1890 g/mol. The number of hydrogen-bond donors (Lipinski definition) is 2. The number of nitrogens with one attached hydrogen (secondary N) is 2. The number of ether oxygens (including phenoxy) is 3. The van der Waals surface area contributed by atoms with Gasteiger partial charge in [0.1, 0.15) is 28.9 Å². The average Bonchev–Trinajstić information content (AvgIpc) is 0.839. The van der Waals surface area contributed by atoms with Crippen molar-refractivity contribution >= 4 is 71.4 Å². The van der Waals surface area contributed by atoms with Gasteiger partial charge >= 0.3 is 30.3 Å². The number of hydrogen-bond acceptors (Lipinski definition) is 21. The molecule has 830 valence electrons. The molecule has 0 radical (unpaired) electrons. The molecule has 33 heteroatoms. The van der Waals surface area contributed by atoms with Crippen molar-refractivity contribution in [2.45, 2.75) is 316 Å². The third-order valence-electron chi connectivity index (χ3n) is 31.3. The maximum absolute atomic E-state index is 13.0. The number of carbonyl (C=O) groups is 10. The Balaban J connectivity index is 0.000000178. The summed E-state index contributed by atoms with van der Waals surface area (Å²) in [4.78, 5) is 175. The van der Waals surface area contributed by atoms with E-state index in [1.54, 1.807) is 64.4 Å². The van der Waals surface area contributed by atoms with Crippen molar-refractivity contribution in [3.8, 4) is 0 Å². The highest BCUT2D eigenvalue weighted by atomic mass is 16.6. The zero-order valence-electron chi connectivity index (χ0n) is 94.7. The predicted molar refractivity (Wildman–Crippen MR) is 588 cm³/mol. The fourth-order valence-corrected chi connectivity index (χ4v) is 22.9. The normalized spacial score (nSPS) is 22.9. The molecule has 2 N–H and O–H groups in total. The SMILES string of the molecule is CN(CC1CCC(C(=O)N2CCC(c3ccccn3)CC2)CC1)C(=O)OC(C)(C)C.CN(CC1CCC(C(=O)N2CCC(c3cccnc3)CC2)CC1)C(=O)OC(C)(C)C.CN(CC1CCC(C(=O)N2CCC(c3ccncn3)CC2)CC1)C(=O)OC(C)(C)C.CN(CC1CCC(C(=O)N2CCN(c3ccccn3)CC2)CC1)C(=O)NC(C)(C)C.CN(CC1CCC(C(=O)N2CCN(c3cccnc3)CC2)CC1)C(=O)NC(C)(C)C. The molecule has 150 heavy (non-hydrogen) atoms. The molecule has 0 atom stereocenters. The molecule has 10 fully saturated rings. The standard InChI is InChI=1S/2C24H37N3O3.2C23H37N5O2.C23H36N4O3/c1-24(2,3)30-23(29)26(4)17-18-7-9-20(10-8-18)22(28)27-14-11-19(12-15-27)21-6-5-13-25-16-21;1-24(2,3)30-23(29)26(4)17-18-8-10-20(11-9-18)22(28)27-15-12-19(13-16-27)21-7-5-6-14-25-21;1-23(2,3)25-22(30)26(4)17-18-7-9-19(10-8-18)21(29)28-14-12-27(13-15-28)20-6-5-11-24-16-20;1-23(2,3)25-22(30)26(4)17-18-8-10-19(11-9-18)21(29)28-15-13-27(14-16-28)20-7-5-6-12-24-20;1-23(2,3)30-22(29)26(4)15-17-5-7-19(8-6-17)21(28)27-13-10-18(11-14-27)20-9-12-24-16-25-20/h5-6,13,16,18-20H,7-12,14-15,17H2,1-4H3;5-7,14,18-20H,8-13,15-17H2,1-4H3;5-6,11,16,18-19H,7-10,12-15,17H2,1-4H3,(H,25,30);5-7,12,18-19H,8-11,13-17H2,1-4H3,(H,25,30);9,12,16-19H,5-8,10-11,13-15H2,1-4H3. The first-order chi connectivity index (χ1) is 71.1. The van der Waals surface area contributed by atoms with Crippen LogP contribution in [0.3, 0.4) is 0 Å². The summed E-state index contributed by atoms with van der Waals surface area (Å²) in [6, 6.07) is 22.1. The number of anilines is 2. The van der Waals surface area contributed by atoms with Crippen molar-refractivity contribution < 1.29 is 62.2 Å². The lowest BCUT2D eigenvalue weighted by atomic mass is 9.80. The first-order valence-corrected chi connectivity index (χ1v) is 56.3. The second-order valence-corrected chi connectivity index (χ2v) is 49.3. The molecule has 5 saturated heterocycles. The minimum Gasteiger partial charge on any atom is -0.444 e. The van der Waals surface area contributed by atoms with Crippen LogP contribution in [0.15, 0.2) is 116 Å². The maximum Gasteiger partial charge on any atom is 0.410 e. The van der Waals surface area contributed by atoms with Gasteiger partial charge in [-0.1, -0.05) is 18.2 Å². The van der Waals surface area contributed by atoms with Gasteiger partial charge in [-0.05, 0) is 360 Å². The van der Waals surface area contributed by atoms with Crippen molar-refractivity contribution in [3.05, 3.63) is 133 Å². The van der Waals surface area contributed by atoms with E-state index in [-0.39, 0.29) is 71.0 Å². The van der Waals surface area contributed by atoms with Gasteiger partial charge in [0.05, 0.1) is 11.9 Å². The van der Waals surface area contributed by atoms with Crippen LogP contribution in [0.2, 0.25) is 0 Å². The molecule has 0 spiro atoms. The van der Waals surface area contributed by atoms with Crippen molar-refractivity contribution in [1.82, 2.24) is 89.5 Å². The van der Waals surface area contributed by atoms with E-state index in [2.05, 4.69) is 83.2 Å². The highest BCUT2D eigenvalue weighted by molar-refractivity contribution is 5.82. The summed E-state index contributed by atoms with van der Waals surface area (Å²) >= 11 is 0. The van der Waals surface area contributed by atoms with Gasteiger partial charge in [0.2, 0.25) is 29.5 Å². The quantitative estimate of drug-likeness (QED) is 0.0684. The number of pyridine rings is 4. The van der Waals surface area contributed by atoms with Gasteiger partial charge in [0, 0.05) is 261 Å². The van der Waals surface area contributed by atoms with Gasteiger partial charge in [-0.15, -0.1) is 0 Å². The van der Waals surface area contributed by atoms with E-state index in [0.29, 0.717) is 96.5 Å². The summed E-state index contributed by atoms with van der Waals surface area (Å²) in [5.74, 6) is 6.98. The van der Waals surface area contributed by atoms with Crippen LogP contribution in [0.5, 0.6) is 0 Å². The Morgan fingerprint density at radius 3 is 0.887 bits per heavy atom. The zero-order chi connectivity index (χ0) is 109. The lowest BCUT2D eigenvalue weighted by Gasteiger charge is -2.39. The summed E-state index contributed by atoms with van der Waals surface area (Å²) in [7, 11) is 9.13. The maximum atomic E-state index is 13.0. The van der Waals surface area contributed by atoms with E-state index in [1.807, 2.05) is 207 Å². The number of aromatic nitrogens is 6. The molecule has 10 aliphatic rings. The summed E-state index contributed by atoms with van der Waals surface area (Å²) in [6.07, 6.45) is 38.9. The number of likely N-dealkylation sites (tertiary alicyclic amines) is 3. The van der Waals surface area contributed by atoms with Gasteiger partial charge in [0.25, 0.3) is 0 Å². The van der Waals surface area contributed by atoms with Crippen molar-refractivity contribution in [2.75, 3.05) is 169 Å². The largest absolute Gasteiger partial charge is 0.444 e. The van der Waals surface area contributed by atoms with Gasteiger partial charge in [0.15, 0.2) is 0 Å². The molecule has 0 unspecified atom stereocenters. The molecular formula is C117H184N20O13. The van der Waals surface area contributed by atoms with Gasteiger partial charge < -0.3 is 83.6 Å². The molecule has 5 aliphatic carbocycles. The minimum atomic E-state index is -0.476. The summed E-state index contributed by atoms with van der Waals surface area (Å²) in [5.41, 5.74) is 2.79. The van der Waals surface area contributed by atoms with Crippen LogP contribution in [-0.2, 0) is 38.2 Å². The van der Waals surface area contributed by atoms with Gasteiger partial charge in [-0.2, -0.15) is 0 Å². The Morgan fingerprint density at radius 1 is 0.293 bits per heavy atom. The number of carbonyl (C=O) groups excluding carboxylic acids is 10. The smallest absolute Gasteiger partial charge is 0.410 e. The molecule has 5 saturated carbocycles. The molecule has 5 aromatic heterocycles. The van der Waals surface area contributed by atoms with E-state index < -0.39 is 16.8 Å². The minimum absolute atomic E-state index is 0.0211. The topological polar surface area (TPSA) is 339 Å². The third kappa shape index (κ3) is 39.3. The van der Waals surface area contributed by atoms with Crippen LogP contribution in [0.1, 0.15) is 306 Å². The first kappa shape index (κ1) is 119. The lowest BCUT2D eigenvalue weighted by Crippen LogP contribution is -2.51. The second-order valence-electron chi connectivity index (χ2n) is 49.3. The number of piperazine rings is 2. The first-order valence-electron chi connectivity index (χ1n) is 56.3. The molecule has 15 rings (SSSR count). The Kier molecular flexibility index (Phi) is 44.9. The van der Waals surface area contributed by atoms with E-state index in [4.69, 9.17) is 14.2 Å². The summed E-state index contributed by atoms with van der Waals surface area (Å²) < 4.78 is 16.3. The fraction of sp³-hybridized carbons (Fsp3) is 0.709. The predicted octanol–water partition coefficient (Wildman–Crippen LogP) is 18.7. The van der Waals surface area contributed by atoms with Gasteiger partial charge in [-0.25, -0.2) is 38.9 Å².